The Labute approximate surface area is 93.2 Å². The Balaban J connectivity index is 3.17. The van der Waals surface area contributed by atoms with E-state index in [2.05, 4.69) is 0 Å². The average molecular weight is 204 g/mol. The van der Waals surface area contributed by atoms with E-state index in [9.17, 15) is 9.90 Å². The molecule has 0 aromatic heterocycles. The fourth-order valence-corrected chi connectivity index (χ4v) is 1.47. The van der Waals surface area contributed by atoms with Gasteiger partial charge >= 0.3 is 0 Å². The minimum Gasteiger partial charge on any atom is -0.498 e. The molecule has 0 amide bonds. The van der Waals surface area contributed by atoms with E-state index in [1.54, 1.807) is 6.92 Å². The lowest BCUT2D eigenvalue weighted by molar-refractivity contribution is -0.126. The van der Waals surface area contributed by atoms with Crippen LogP contribution in [0, 0.1) is 5.92 Å². The molecule has 14 heavy (non-hydrogen) atoms. The molecule has 0 saturated carbocycles. The molecule has 1 aliphatic rings. The lowest BCUT2D eigenvalue weighted by atomic mass is 9.80. The van der Waals surface area contributed by atoms with Crippen LogP contribution in [0.15, 0.2) is 11.8 Å². The van der Waals surface area contributed by atoms with Gasteiger partial charge in [0, 0.05) is 20.7 Å². The molecule has 0 spiro atoms. The summed E-state index contributed by atoms with van der Waals surface area (Å²) in [5, 5.41) is 10.3. The topological polar surface area (TPSA) is 46.5 Å². The lowest BCUT2D eigenvalue weighted by Gasteiger charge is -2.30. The quantitative estimate of drug-likeness (QED) is 0.760. The summed E-state index contributed by atoms with van der Waals surface area (Å²) in [4.78, 5) is 12.0. The van der Waals surface area contributed by atoms with E-state index in [1.165, 1.54) is 0 Å². The second-order valence-electron chi connectivity index (χ2n) is 3.30. The third-order valence-corrected chi connectivity index (χ3v) is 2.16. The second-order valence-corrected chi connectivity index (χ2v) is 3.30. The first-order valence-corrected chi connectivity index (χ1v) is 4.54. The normalized spacial score (nSPS) is 31.4. The van der Waals surface area contributed by atoms with E-state index in [0.29, 0.717) is 12.4 Å². The number of carbonyl (C=O) groups excluding carboxylic acids is 1. The molecule has 0 bridgehead atoms. The summed E-state index contributed by atoms with van der Waals surface area (Å²) in [7, 11) is 0. The van der Waals surface area contributed by atoms with Gasteiger partial charge < -0.3 is 9.84 Å². The number of hydrogen-bond donors (Lipinski definition) is 1. The van der Waals surface area contributed by atoms with Crippen molar-refractivity contribution in [1.82, 2.24) is 0 Å². The molecule has 1 unspecified atom stereocenters. The third-order valence-electron chi connectivity index (χ3n) is 2.16. The van der Waals surface area contributed by atoms with E-state index >= 15 is 0 Å². The van der Waals surface area contributed by atoms with Gasteiger partial charge in [0.15, 0.2) is 5.78 Å². The molecule has 0 aromatic rings. The monoisotopic (exact) mass is 204 g/mol. The van der Waals surface area contributed by atoms with E-state index in [0.717, 1.165) is 6.08 Å². The Bertz CT molecular complexity index is 395. The first-order valence-electron chi connectivity index (χ1n) is 7.54. The van der Waals surface area contributed by atoms with Crippen molar-refractivity contribution < 1.29 is 22.9 Å². The highest BCUT2D eigenvalue weighted by atomic mass is 16.5. The highest BCUT2D eigenvalue weighted by Crippen LogP contribution is 2.29. The maximum atomic E-state index is 12.0. The van der Waals surface area contributed by atoms with Crippen LogP contribution in [0.25, 0.3) is 0 Å². The van der Waals surface area contributed by atoms with Crippen LogP contribution >= 0.6 is 0 Å². The zero-order valence-electron chi connectivity index (χ0n) is 14.0. The van der Waals surface area contributed by atoms with Crippen LogP contribution < -0.4 is 0 Å². The predicted octanol–water partition coefficient (Wildman–Crippen LogP) is 1.66. The van der Waals surface area contributed by atoms with E-state index in [4.69, 9.17) is 13.0 Å². The van der Waals surface area contributed by atoms with Crippen LogP contribution in [0.3, 0.4) is 0 Å². The number of allylic oxidation sites excluding steroid dienone is 2. The van der Waals surface area contributed by atoms with Crippen molar-refractivity contribution in [3.05, 3.63) is 11.8 Å². The minimum absolute atomic E-state index is 0.0715. The van der Waals surface area contributed by atoms with Crippen molar-refractivity contribution in [2.24, 2.45) is 5.92 Å². The molecule has 0 aliphatic heterocycles. The van der Waals surface area contributed by atoms with Gasteiger partial charge in [0.2, 0.25) is 0 Å². The molecule has 3 nitrogen and oxygen atoms in total. The van der Waals surface area contributed by atoms with Gasteiger partial charge in [-0.05, 0) is 27.0 Å². The van der Waals surface area contributed by atoms with Crippen molar-refractivity contribution in [3.8, 4) is 0 Å². The molecule has 1 aliphatic carbocycles. The summed E-state index contributed by atoms with van der Waals surface area (Å²) < 4.78 is 49.1. The van der Waals surface area contributed by atoms with Gasteiger partial charge in [-0.15, -0.1) is 0 Å². The number of aliphatic hydroxyl groups is 1. The Morgan fingerprint density at radius 1 is 1.79 bits per heavy atom. The molecule has 0 radical (unpaired) electrons. The number of carbonyl (C=O) groups is 1. The first-order chi connectivity index (χ1) is 8.95. The summed E-state index contributed by atoms with van der Waals surface area (Å²) in [6, 6.07) is 0. The largest absolute Gasteiger partial charge is 0.498 e. The highest BCUT2D eigenvalue weighted by Gasteiger charge is 2.34. The summed E-state index contributed by atoms with van der Waals surface area (Å²) in [5.41, 5.74) is -3.05. The molecule has 0 aromatic carbocycles. The maximum absolute atomic E-state index is 12.0. The molecule has 0 saturated heterocycles. The lowest BCUT2D eigenvalue weighted by Crippen LogP contribution is -2.37. The first kappa shape index (κ1) is 5.31. The van der Waals surface area contributed by atoms with Crippen molar-refractivity contribution in [1.29, 1.82) is 0 Å². The summed E-state index contributed by atoms with van der Waals surface area (Å²) in [6.07, 6.45) is 1.23. The molecule has 0 fully saturated rings. The van der Waals surface area contributed by atoms with Gasteiger partial charge in [0.25, 0.3) is 0 Å². The van der Waals surface area contributed by atoms with Crippen LogP contribution in [0.5, 0.6) is 0 Å². The molecular weight excluding hydrogens is 180 g/mol. The van der Waals surface area contributed by atoms with Crippen LogP contribution in [0.1, 0.15) is 41.7 Å². The summed E-state index contributed by atoms with van der Waals surface area (Å²) in [5.74, 6) is -1.84. The van der Waals surface area contributed by atoms with Crippen LogP contribution in [0.4, 0.5) is 0 Å². The smallest absolute Gasteiger partial charge is 0.164 e. The van der Waals surface area contributed by atoms with Gasteiger partial charge in [-0.3, -0.25) is 4.79 Å². The fraction of sp³-hybridized carbons (Fsp3) is 0.727. The van der Waals surface area contributed by atoms with Gasteiger partial charge in [0.1, 0.15) is 0 Å². The zero-order chi connectivity index (χ0) is 15.8. The molecule has 1 atom stereocenters. The second kappa shape index (κ2) is 4.13. The Hall–Kier alpha value is -0.830. The number of rotatable bonds is 3. The van der Waals surface area contributed by atoms with Crippen molar-refractivity contribution >= 4 is 5.78 Å². The maximum Gasteiger partial charge on any atom is 0.164 e. The molecule has 1 N–H and O–H groups in total. The van der Waals surface area contributed by atoms with Gasteiger partial charge in [-0.2, -0.15) is 0 Å². The Morgan fingerprint density at radius 2 is 2.50 bits per heavy atom. The van der Waals surface area contributed by atoms with E-state index in [1.807, 2.05) is 0 Å². The SMILES string of the molecule is [2H]C([2H])([2H])C(O)(C1CCC(OCC)=CC1=O)C([2H])([2H])[2H]. The summed E-state index contributed by atoms with van der Waals surface area (Å²) >= 11 is 0. The number of ketones is 1. The van der Waals surface area contributed by atoms with Crippen molar-refractivity contribution in [2.45, 2.75) is 39.1 Å². The molecule has 3 heteroatoms. The van der Waals surface area contributed by atoms with Gasteiger partial charge in [-0.1, -0.05) is 0 Å². The Kier molecular flexibility index (Phi) is 1.57. The van der Waals surface area contributed by atoms with E-state index < -0.39 is 31.0 Å². The molecule has 0 heterocycles. The average Bonchev–Trinajstić information content (AvgIpc) is 2.25. The number of ether oxygens (including phenoxy) is 1. The fourth-order valence-electron chi connectivity index (χ4n) is 1.47. The van der Waals surface area contributed by atoms with E-state index in [-0.39, 0.29) is 12.8 Å². The van der Waals surface area contributed by atoms with Crippen LogP contribution in [-0.2, 0) is 9.53 Å². The standard InChI is InChI=1S/C11H18O3/c1-4-14-8-5-6-9(10(12)7-8)11(2,3)13/h7,9,13H,4-6H2,1-3H3/i2D3,3D3. The van der Waals surface area contributed by atoms with Crippen molar-refractivity contribution in [3.63, 3.8) is 0 Å². The Morgan fingerprint density at radius 3 is 3.00 bits per heavy atom. The number of hydrogen-bond acceptors (Lipinski definition) is 3. The highest BCUT2D eigenvalue weighted by molar-refractivity contribution is 5.93. The van der Waals surface area contributed by atoms with Crippen LogP contribution in [0.2, 0.25) is 0 Å². The molecule has 1 rings (SSSR count). The molecular formula is C11H18O3. The minimum atomic E-state index is -3.18. The third kappa shape index (κ3) is 2.58. The zero-order valence-corrected chi connectivity index (χ0v) is 8.04. The predicted molar refractivity (Wildman–Crippen MR) is 53.7 cm³/mol. The molecule has 80 valence electrons. The summed E-state index contributed by atoms with van der Waals surface area (Å²) in [6.45, 7) is -4.28. The van der Waals surface area contributed by atoms with Gasteiger partial charge in [-0.25, -0.2) is 0 Å². The van der Waals surface area contributed by atoms with Gasteiger partial charge in [0.05, 0.1) is 23.9 Å². The van der Waals surface area contributed by atoms with Crippen LogP contribution in [-0.4, -0.2) is 23.1 Å². The van der Waals surface area contributed by atoms with Crippen molar-refractivity contribution in [2.75, 3.05) is 6.61 Å².